The van der Waals surface area contributed by atoms with Crippen molar-refractivity contribution in [1.82, 2.24) is 9.88 Å². The number of anilines is 1. The molecule has 5 heteroatoms. The van der Waals surface area contributed by atoms with Gasteiger partial charge in [-0.2, -0.15) is 0 Å². The van der Waals surface area contributed by atoms with E-state index in [2.05, 4.69) is 10.3 Å². The lowest BCUT2D eigenvalue weighted by molar-refractivity contribution is -0.133. The van der Waals surface area contributed by atoms with Crippen LogP contribution in [0.5, 0.6) is 0 Å². The number of aromatic nitrogens is 1. The van der Waals surface area contributed by atoms with E-state index in [-0.39, 0.29) is 18.2 Å². The van der Waals surface area contributed by atoms with E-state index in [1.165, 1.54) is 0 Å². The van der Waals surface area contributed by atoms with Gasteiger partial charge in [0.15, 0.2) is 0 Å². The lowest BCUT2D eigenvalue weighted by Crippen LogP contribution is -2.32. The maximum atomic E-state index is 12.2. The number of carbonyl (C=O) groups is 2. The van der Waals surface area contributed by atoms with Crippen molar-refractivity contribution in [3.05, 3.63) is 59.9 Å². The van der Waals surface area contributed by atoms with Crippen LogP contribution in [-0.2, 0) is 22.4 Å². The molecule has 0 aliphatic rings. The molecule has 0 saturated heterocycles. The van der Waals surface area contributed by atoms with Gasteiger partial charge < -0.3 is 10.2 Å². The molecule has 2 amide bonds. The van der Waals surface area contributed by atoms with Gasteiger partial charge >= 0.3 is 0 Å². The molecule has 0 fully saturated rings. The van der Waals surface area contributed by atoms with Crippen LogP contribution in [0.3, 0.4) is 0 Å². The number of para-hydroxylation sites is 1. The van der Waals surface area contributed by atoms with E-state index in [1.54, 1.807) is 24.3 Å². The van der Waals surface area contributed by atoms with Crippen molar-refractivity contribution >= 4 is 17.5 Å². The second-order valence-electron chi connectivity index (χ2n) is 5.66. The third-order valence-corrected chi connectivity index (χ3v) is 3.90. The summed E-state index contributed by atoms with van der Waals surface area (Å²) < 4.78 is 0. The smallest absolute Gasteiger partial charge is 0.233 e. The first-order chi connectivity index (χ1) is 11.6. The second-order valence-corrected chi connectivity index (χ2v) is 5.66. The molecule has 0 atom stereocenters. The Balaban J connectivity index is 1.83. The highest BCUT2D eigenvalue weighted by Crippen LogP contribution is 2.15. The average Bonchev–Trinajstić information content (AvgIpc) is 2.60. The van der Waals surface area contributed by atoms with Gasteiger partial charge in [-0.15, -0.1) is 0 Å². The highest BCUT2D eigenvalue weighted by atomic mass is 16.2. The highest BCUT2D eigenvalue weighted by Gasteiger charge is 2.14. The minimum atomic E-state index is -0.281. The molecule has 0 radical (unpaired) electrons. The van der Waals surface area contributed by atoms with Crippen LogP contribution in [0.2, 0.25) is 0 Å². The minimum absolute atomic E-state index is 0.148. The molecule has 2 rings (SSSR count). The van der Waals surface area contributed by atoms with Crippen LogP contribution < -0.4 is 5.32 Å². The minimum Gasteiger partial charge on any atom is -0.345 e. The molecule has 24 heavy (non-hydrogen) atoms. The largest absolute Gasteiger partial charge is 0.345 e. The van der Waals surface area contributed by atoms with Gasteiger partial charge in [-0.05, 0) is 42.2 Å². The summed E-state index contributed by atoms with van der Waals surface area (Å²) in [5.74, 6) is -0.466. The first kappa shape index (κ1) is 17.7. The van der Waals surface area contributed by atoms with Crippen LogP contribution in [0.25, 0.3) is 0 Å². The number of nitrogens with zero attached hydrogens (tertiary/aromatic N) is 2. The normalized spacial score (nSPS) is 10.2. The van der Waals surface area contributed by atoms with E-state index in [0.717, 1.165) is 29.7 Å². The Labute approximate surface area is 142 Å². The molecular weight excluding hydrogens is 302 g/mol. The van der Waals surface area contributed by atoms with Gasteiger partial charge in [0.25, 0.3) is 0 Å². The monoisotopic (exact) mass is 325 g/mol. The Morgan fingerprint density at radius 2 is 1.83 bits per heavy atom. The molecule has 1 aromatic heterocycles. The van der Waals surface area contributed by atoms with E-state index < -0.39 is 0 Å². The summed E-state index contributed by atoms with van der Waals surface area (Å²) in [6.07, 6.45) is 4.89. The maximum Gasteiger partial charge on any atom is 0.233 e. The fourth-order valence-electron chi connectivity index (χ4n) is 2.39. The molecule has 1 aromatic carbocycles. The van der Waals surface area contributed by atoms with Gasteiger partial charge in [0.05, 0.1) is 0 Å². The lowest BCUT2D eigenvalue weighted by Gasteiger charge is -2.17. The number of amides is 2. The second kappa shape index (κ2) is 8.82. The number of carbonyl (C=O) groups excluding carboxylic acids is 2. The number of hydrogen-bond donors (Lipinski definition) is 1. The van der Waals surface area contributed by atoms with E-state index >= 15 is 0 Å². The zero-order valence-electron chi connectivity index (χ0n) is 14.2. The Bertz CT molecular complexity index is 686. The average molecular weight is 325 g/mol. The SMILES string of the molecule is CCc1ccccc1NC(=O)CC(=O)N(C)CCc1ccncc1. The number of aryl methyl sites for hydroxylation is 1. The van der Waals surface area contributed by atoms with Gasteiger partial charge in [-0.25, -0.2) is 0 Å². The number of pyridine rings is 1. The molecule has 5 nitrogen and oxygen atoms in total. The van der Waals surface area contributed by atoms with Crippen LogP contribution in [0.4, 0.5) is 5.69 Å². The standard InChI is InChI=1S/C19H23N3O2/c1-3-16-6-4-5-7-17(16)21-18(23)14-19(24)22(2)13-10-15-8-11-20-12-9-15/h4-9,11-12H,3,10,13-14H2,1-2H3,(H,21,23). The summed E-state index contributed by atoms with van der Waals surface area (Å²) in [5.41, 5.74) is 2.95. The fraction of sp³-hybridized carbons (Fsp3) is 0.316. The number of benzene rings is 1. The molecule has 126 valence electrons. The van der Waals surface area contributed by atoms with E-state index in [4.69, 9.17) is 0 Å². The quantitative estimate of drug-likeness (QED) is 0.796. The number of nitrogens with one attached hydrogen (secondary N) is 1. The summed E-state index contributed by atoms with van der Waals surface area (Å²) in [5, 5.41) is 2.83. The van der Waals surface area contributed by atoms with Crippen molar-refractivity contribution in [2.45, 2.75) is 26.2 Å². The topological polar surface area (TPSA) is 62.3 Å². The van der Waals surface area contributed by atoms with Gasteiger partial charge in [0.1, 0.15) is 6.42 Å². The van der Waals surface area contributed by atoms with Crippen molar-refractivity contribution in [3.8, 4) is 0 Å². The Morgan fingerprint density at radius 1 is 1.12 bits per heavy atom. The van der Waals surface area contributed by atoms with Crippen molar-refractivity contribution < 1.29 is 9.59 Å². The highest BCUT2D eigenvalue weighted by molar-refractivity contribution is 6.03. The van der Waals surface area contributed by atoms with Gasteiger partial charge in [-0.3, -0.25) is 14.6 Å². The molecular formula is C19H23N3O2. The van der Waals surface area contributed by atoms with E-state index in [9.17, 15) is 9.59 Å². The maximum absolute atomic E-state index is 12.2. The molecule has 0 bridgehead atoms. The number of likely N-dealkylation sites (N-methyl/N-ethyl adjacent to an activating group) is 1. The van der Waals surface area contributed by atoms with Crippen molar-refractivity contribution in [3.63, 3.8) is 0 Å². The molecule has 2 aromatic rings. The molecule has 0 saturated carbocycles. The van der Waals surface area contributed by atoms with E-state index in [0.29, 0.717) is 6.54 Å². The van der Waals surface area contributed by atoms with Crippen LogP contribution >= 0.6 is 0 Å². The van der Waals surface area contributed by atoms with Crippen LogP contribution in [0, 0.1) is 0 Å². The van der Waals surface area contributed by atoms with Crippen LogP contribution in [-0.4, -0.2) is 35.3 Å². The van der Waals surface area contributed by atoms with Gasteiger partial charge in [0, 0.05) is 31.7 Å². The first-order valence-electron chi connectivity index (χ1n) is 8.10. The van der Waals surface area contributed by atoms with E-state index in [1.807, 2.05) is 43.3 Å². The van der Waals surface area contributed by atoms with Crippen LogP contribution in [0.15, 0.2) is 48.8 Å². The zero-order chi connectivity index (χ0) is 17.4. The number of rotatable bonds is 7. The molecule has 0 spiro atoms. The Morgan fingerprint density at radius 3 is 2.54 bits per heavy atom. The van der Waals surface area contributed by atoms with Gasteiger partial charge in [-0.1, -0.05) is 25.1 Å². The molecule has 1 heterocycles. The third kappa shape index (κ3) is 5.19. The summed E-state index contributed by atoms with van der Waals surface area (Å²) in [6, 6.07) is 11.5. The Hall–Kier alpha value is -2.69. The summed E-state index contributed by atoms with van der Waals surface area (Å²) in [7, 11) is 1.72. The third-order valence-electron chi connectivity index (χ3n) is 3.90. The fourth-order valence-corrected chi connectivity index (χ4v) is 2.39. The summed E-state index contributed by atoms with van der Waals surface area (Å²) >= 11 is 0. The first-order valence-corrected chi connectivity index (χ1v) is 8.10. The summed E-state index contributed by atoms with van der Waals surface area (Å²) in [4.78, 5) is 29.8. The molecule has 0 aliphatic carbocycles. The number of hydrogen-bond acceptors (Lipinski definition) is 3. The molecule has 0 unspecified atom stereocenters. The Kier molecular flexibility index (Phi) is 6.49. The van der Waals surface area contributed by atoms with Crippen molar-refractivity contribution in [2.75, 3.05) is 18.9 Å². The predicted octanol–water partition coefficient (Wildman–Crippen LogP) is 2.67. The zero-order valence-corrected chi connectivity index (χ0v) is 14.2. The van der Waals surface area contributed by atoms with Crippen molar-refractivity contribution in [2.24, 2.45) is 0 Å². The van der Waals surface area contributed by atoms with Crippen molar-refractivity contribution in [1.29, 1.82) is 0 Å². The van der Waals surface area contributed by atoms with Gasteiger partial charge in [0.2, 0.25) is 11.8 Å². The molecule has 1 N–H and O–H groups in total. The van der Waals surface area contributed by atoms with Crippen LogP contribution in [0.1, 0.15) is 24.5 Å². The lowest BCUT2D eigenvalue weighted by atomic mass is 10.1. The molecule has 0 aliphatic heterocycles. The predicted molar refractivity (Wildman–Crippen MR) is 94.6 cm³/mol. The summed E-state index contributed by atoms with van der Waals surface area (Å²) in [6.45, 7) is 2.60.